The number of anilines is 1. The number of aromatic nitrogens is 2. The summed E-state index contributed by atoms with van der Waals surface area (Å²) >= 11 is 1.59. The van der Waals surface area contributed by atoms with Crippen LogP contribution in [0.2, 0.25) is 0 Å². The molecule has 0 radical (unpaired) electrons. The van der Waals surface area contributed by atoms with Gasteiger partial charge < -0.3 is 5.32 Å². The maximum absolute atomic E-state index is 12.2. The van der Waals surface area contributed by atoms with Gasteiger partial charge in [-0.3, -0.25) is 9.78 Å². The molecular formula is C19H19N3OS. The van der Waals surface area contributed by atoms with Gasteiger partial charge in [0.2, 0.25) is 5.91 Å². The number of para-hydroxylation sites is 1. The molecule has 24 heavy (non-hydrogen) atoms. The Labute approximate surface area is 145 Å². The second-order valence-corrected chi connectivity index (χ2v) is 6.62. The fraction of sp³-hybridized carbons (Fsp3) is 0.211. The first-order chi connectivity index (χ1) is 11.6. The number of carbonyl (C=O) groups excluding carboxylic acids is 1. The Morgan fingerprint density at radius 3 is 2.54 bits per heavy atom. The van der Waals surface area contributed by atoms with Crippen LogP contribution in [0.5, 0.6) is 0 Å². The van der Waals surface area contributed by atoms with E-state index in [0.29, 0.717) is 12.8 Å². The van der Waals surface area contributed by atoms with Crippen LogP contribution in [0.1, 0.15) is 22.6 Å². The minimum Gasteiger partial charge on any atom is -0.326 e. The number of thiazole rings is 1. The van der Waals surface area contributed by atoms with E-state index in [9.17, 15) is 4.79 Å². The molecule has 0 saturated heterocycles. The zero-order valence-corrected chi connectivity index (χ0v) is 14.6. The Morgan fingerprint density at radius 2 is 1.83 bits per heavy atom. The largest absolute Gasteiger partial charge is 0.326 e. The van der Waals surface area contributed by atoms with Crippen molar-refractivity contribution in [1.29, 1.82) is 0 Å². The minimum absolute atomic E-state index is 0.0214. The summed E-state index contributed by atoms with van der Waals surface area (Å²) < 4.78 is 0. The highest BCUT2D eigenvalue weighted by Crippen LogP contribution is 2.23. The molecular weight excluding hydrogens is 318 g/mol. The lowest BCUT2D eigenvalue weighted by Crippen LogP contribution is -2.14. The first-order valence-electron chi connectivity index (χ1n) is 7.84. The molecule has 1 N–H and O–H groups in total. The molecule has 2 heterocycles. The molecule has 0 bridgehead atoms. The number of pyridine rings is 1. The number of nitrogens with zero attached hydrogens (tertiary/aromatic N) is 2. The van der Waals surface area contributed by atoms with Crippen molar-refractivity contribution in [1.82, 2.24) is 9.97 Å². The fourth-order valence-electron chi connectivity index (χ4n) is 2.51. The molecule has 4 nitrogen and oxygen atoms in total. The summed E-state index contributed by atoms with van der Waals surface area (Å²) in [6.07, 6.45) is 4.59. The van der Waals surface area contributed by atoms with Crippen LogP contribution in [-0.2, 0) is 11.2 Å². The summed E-state index contributed by atoms with van der Waals surface area (Å²) in [5, 5.41) is 6.01. The van der Waals surface area contributed by atoms with Crippen LogP contribution in [0.25, 0.3) is 11.3 Å². The molecule has 0 fully saturated rings. The standard InChI is InChI=1S/C19H19N3OS/c1-13-4-3-5-14(2)19(13)22-17(23)6-7-18-21-16(12-24-18)15-8-10-20-11-9-15/h3-5,8-12H,6-7H2,1-2H3,(H,22,23). The van der Waals surface area contributed by atoms with Crippen LogP contribution in [0.4, 0.5) is 5.69 Å². The lowest BCUT2D eigenvalue weighted by molar-refractivity contribution is -0.116. The quantitative estimate of drug-likeness (QED) is 0.751. The van der Waals surface area contributed by atoms with Gasteiger partial charge in [0, 0.05) is 41.9 Å². The summed E-state index contributed by atoms with van der Waals surface area (Å²) in [7, 11) is 0. The predicted octanol–water partition coefficient (Wildman–Crippen LogP) is 4.39. The van der Waals surface area contributed by atoms with Gasteiger partial charge in [-0.2, -0.15) is 0 Å². The molecule has 0 spiro atoms. The van der Waals surface area contributed by atoms with Crippen LogP contribution in [0.15, 0.2) is 48.1 Å². The van der Waals surface area contributed by atoms with E-state index in [4.69, 9.17) is 0 Å². The summed E-state index contributed by atoms with van der Waals surface area (Å²) in [6.45, 7) is 4.01. The topological polar surface area (TPSA) is 54.9 Å². The normalized spacial score (nSPS) is 10.6. The van der Waals surface area contributed by atoms with E-state index in [0.717, 1.165) is 33.1 Å². The van der Waals surface area contributed by atoms with Gasteiger partial charge in [0.25, 0.3) is 0 Å². The number of hydrogen-bond acceptors (Lipinski definition) is 4. The molecule has 1 amide bonds. The Kier molecular flexibility index (Phi) is 5.01. The first-order valence-corrected chi connectivity index (χ1v) is 8.72. The highest BCUT2D eigenvalue weighted by molar-refractivity contribution is 7.09. The third-order valence-electron chi connectivity index (χ3n) is 3.84. The van der Waals surface area contributed by atoms with Crippen LogP contribution in [0, 0.1) is 13.8 Å². The molecule has 0 aliphatic rings. The third kappa shape index (κ3) is 3.86. The Morgan fingerprint density at radius 1 is 1.12 bits per heavy atom. The third-order valence-corrected chi connectivity index (χ3v) is 4.75. The second kappa shape index (κ2) is 7.36. The molecule has 2 aromatic heterocycles. The maximum Gasteiger partial charge on any atom is 0.224 e. The van der Waals surface area contributed by atoms with E-state index in [1.165, 1.54) is 0 Å². The van der Waals surface area contributed by atoms with Crippen LogP contribution < -0.4 is 5.32 Å². The maximum atomic E-state index is 12.2. The van der Waals surface area contributed by atoms with E-state index in [1.807, 2.05) is 49.6 Å². The van der Waals surface area contributed by atoms with Crippen molar-refractivity contribution < 1.29 is 4.79 Å². The lowest BCUT2D eigenvalue weighted by atomic mass is 10.1. The van der Waals surface area contributed by atoms with E-state index < -0.39 is 0 Å². The number of nitrogens with one attached hydrogen (secondary N) is 1. The molecule has 0 aliphatic heterocycles. The van der Waals surface area contributed by atoms with Crippen molar-refractivity contribution in [3.63, 3.8) is 0 Å². The van der Waals surface area contributed by atoms with Crippen LogP contribution in [0.3, 0.4) is 0 Å². The lowest BCUT2D eigenvalue weighted by Gasteiger charge is -2.10. The summed E-state index contributed by atoms with van der Waals surface area (Å²) in [6, 6.07) is 9.88. The molecule has 1 aromatic carbocycles. The number of hydrogen-bond donors (Lipinski definition) is 1. The fourth-order valence-corrected chi connectivity index (χ4v) is 3.32. The van der Waals surface area contributed by atoms with Gasteiger partial charge in [-0.1, -0.05) is 18.2 Å². The van der Waals surface area contributed by atoms with E-state index in [2.05, 4.69) is 15.3 Å². The summed E-state index contributed by atoms with van der Waals surface area (Å²) in [5.41, 5.74) is 5.06. The van der Waals surface area contributed by atoms with Gasteiger partial charge in [-0.05, 0) is 37.1 Å². The molecule has 0 aliphatic carbocycles. The number of aryl methyl sites for hydroxylation is 3. The minimum atomic E-state index is 0.0214. The van der Waals surface area contributed by atoms with Crippen molar-refractivity contribution in [2.24, 2.45) is 0 Å². The average Bonchev–Trinajstić information content (AvgIpc) is 3.06. The van der Waals surface area contributed by atoms with E-state index in [1.54, 1.807) is 23.7 Å². The van der Waals surface area contributed by atoms with Crippen LogP contribution in [-0.4, -0.2) is 15.9 Å². The van der Waals surface area contributed by atoms with Gasteiger partial charge in [0.05, 0.1) is 10.7 Å². The predicted molar refractivity (Wildman–Crippen MR) is 98.2 cm³/mol. The molecule has 0 atom stereocenters. The van der Waals surface area contributed by atoms with E-state index >= 15 is 0 Å². The summed E-state index contributed by atoms with van der Waals surface area (Å²) in [5.74, 6) is 0.0214. The van der Waals surface area contributed by atoms with Gasteiger partial charge in [0.1, 0.15) is 0 Å². The molecule has 122 valence electrons. The van der Waals surface area contributed by atoms with Crippen LogP contribution >= 0.6 is 11.3 Å². The van der Waals surface area contributed by atoms with Crippen molar-refractivity contribution >= 4 is 22.9 Å². The van der Waals surface area contributed by atoms with E-state index in [-0.39, 0.29) is 5.91 Å². The van der Waals surface area contributed by atoms with Gasteiger partial charge >= 0.3 is 0 Å². The highest BCUT2D eigenvalue weighted by atomic mass is 32.1. The van der Waals surface area contributed by atoms with Crippen molar-refractivity contribution in [3.8, 4) is 11.3 Å². The molecule has 3 rings (SSSR count). The zero-order valence-electron chi connectivity index (χ0n) is 13.7. The van der Waals surface area contributed by atoms with Gasteiger partial charge in [-0.15, -0.1) is 11.3 Å². The van der Waals surface area contributed by atoms with Gasteiger partial charge in [0.15, 0.2) is 0 Å². The Hall–Kier alpha value is -2.53. The molecule has 0 saturated carbocycles. The smallest absolute Gasteiger partial charge is 0.224 e. The molecule has 0 unspecified atom stereocenters. The van der Waals surface area contributed by atoms with Crippen molar-refractivity contribution in [2.75, 3.05) is 5.32 Å². The number of rotatable bonds is 5. The zero-order chi connectivity index (χ0) is 16.9. The SMILES string of the molecule is Cc1cccc(C)c1NC(=O)CCc1nc(-c2ccncc2)cs1. The number of benzene rings is 1. The monoisotopic (exact) mass is 337 g/mol. The highest BCUT2D eigenvalue weighted by Gasteiger charge is 2.10. The van der Waals surface area contributed by atoms with Crippen molar-refractivity contribution in [3.05, 3.63) is 64.2 Å². The molecule has 3 aromatic rings. The number of carbonyl (C=O) groups is 1. The van der Waals surface area contributed by atoms with Crippen molar-refractivity contribution in [2.45, 2.75) is 26.7 Å². The number of amides is 1. The molecule has 5 heteroatoms. The Bertz CT molecular complexity index is 823. The summed E-state index contributed by atoms with van der Waals surface area (Å²) in [4.78, 5) is 20.8. The second-order valence-electron chi connectivity index (χ2n) is 5.68. The average molecular weight is 337 g/mol. The Balaban J connectivity index is 1.60. The first kappa shape index (κ1) is 16.3. The van der Waals surface area contributed by atoms with Gasteiger partial charge in [-0.25, -0.2) is 4.98 Å².